The summed E-state index contributed by atoms with van der Waals surface area (Å²) in [5.74, 6) is 0. The number of hydrogen-bond acceptors (Lipinski definition) is 2. The summed E-state index contributed by atoms with van der Waals surface area (Å²) in [6.45, 7) is 0. The molecule has 1 aromatic carbocycles. The summed E-state index contributed by atoms with van der Waals surface area (Å²) in [6.07, 6.45) is 0.587. The Hall–Kier alpha value is -0.730. The maximum Gasteiger partial charge on any atom is 0.153 e. The number of halogens is 2. The third kappa shape index (κ3) is 1.47. The lowest BCUT2D eigenvalue weighted by molar-refractivity contribution is 0.112. The molecule has 0 fully saturated rings. The summed E-state index contributed by atoms with van der Waals surface area (Å²) < 4.78 is 0. The van der Waals surface area contributed by atoms with E-state index in [1.807, 2.05) is 0 Å². The molecule has 58 valence electrons. The van der Waals surface area contributed by atoms with Crippen LogP contribution >= 0.6 is 23.2 Å². The number of anilines is 1. The molecule has 0 bridgehead atoms. The van der Waals surface area contributed by atoms with Gasteiger partial charge in [0.15, 0.2) is 6.29 Å². The molecule has 1 aromatic rings. The molecule has 0 aliphatic rings. The topological polar surface area (TPSA) is 43.1 Å². The van der Waals surface area contributed by atoms with E-state index >= 15 is 0 Å². The summed E-state index contributed by atoms with van der Waals surface area (Å²) >= 11 is 11.3. The predicted molar refractivity (Wildman–Crippen MR) is 46.3 cm³/mol. The molecule has 0 aromatic heterocycles. The molecule has 2 nitrogen and oxygen atoms in total. The third-order valence-electron chi connectivity index (χ3n) is 1.28. The van der Waals surface area contributed by atoms with Gasteiger partial charge in [-0.2, -0.15) is 0 Å². The van der Waals surface area contributed by atoms with Crippen LogP contribution in [0, 0.1) is 0 Å². The van der Waals surface area contributed by atoms with Gasteiger partial charge in [-0.25, -0.2) is 0 Å². The van der Waals surface area contributed by atoms with Crippen LogP contribution < -0.4 is 5.73 Å². The van der Waals surface area contributed by atoms with Crippen molar-refractivity contribution in [3.05, 3.63) is 27.7 Å². The highest BCUT2D eigenvalue weighted by molar-refractivity contribution is 6.43. The second-order valence-corrected chi connectivity index (χ2v) is 2.77. The lowest BCUT2D eigenvalue weighted by Gasteiger charge is -2.01. The zero-order valence-corrected chi connectivity index (χ0v) is 6.99. The maximum atomic E-state index is 10.4. The van der Waals surface area contributed by atoms with E-state index in [4.69, 9.17) is 28.9 Å². The third-order valence-corrected chi connectivity index (χ3v) is 2.10. The number of hydrogen-bond donors (Lipinski definition) is 1. The second-order valence-electron chi connectivity index (χ2n) is 1.98. The fourth-order valence-electron chi connectivity index (χ4n) is 0.701. The number of nitrogen functional groups attached to an aromatic ring is 1. The van der Waals surface area contributed by atoms with Gasteiger partial charge in [-0.1, -0.05) is 23.2 Å². The standard InChI is InChI=1S/C7H5Cl2NO/c8-5-1-2-6(10)4(3-11)7(5)9/h1-3H,10H2. The zero-order valence-electron chi connectivity index (χ0n) is 5.47. The predicted octanol–water partition coefficient (Wildman–Crippen LogP) is 2.39. The minimum absolute atomic E-state index is 0.210. The van der Waals surface area contributed by atoms with E-state index in [0.717, 1.165) is 0 Å². The highest BCUT2D eigenvalue weighted by atomic mass is 35.5. The summed E-state index contributed by atoms with van der Waals surface area (Å²) in [5, 5.41) is 0.546. The molecule has 0 spiro atoms. The van der Waals surface area contributed by atoms with Crippen LogP contribution in [0.5, 0.6) is 0 Å². The first kappa shape index (κ1) is 8.37. The molecule has 2 N–H and O–H groups in total. The second kappa shape index (κ2) is 3.11. The Morgan fingerprint density at radius 3 is 2.45 bits per heavy atom. The van der Waals surface area contributed by atoms with E-state index in [1.54, 1.807) is 6.07 Å². The van der Waals surface area contributed by atoms with E-state index in [9.17, 15) is 4.79 Å². The molecular formula is C7H5Cl2NO. The first-order valence-corrected chi connectivity index (χ1v) is 3.61. The molecule has 0 amide bonds. The van der Waals surface area contributed by atoms with E-state index in [2.05, 4.69) is 0 Å². The van der Waals surface area contributed by atoms with Gasteiger partial charge in [-0.15, -0.1) is 0 Å². The van der Waals surface area contributed by atoms with E-state index < -0.39 is 0 Å². The number of benzene rings is 1. The first-order valence-electron chi connectivity index (χ1n) is 2.85. The van der Waals surface area contributed by atoms with Crippen molar-refractivity contribution in [3.8, 4) is 0 Å². The largest absolute Gasteiger partial charge is 0.398 e. The Bertz CT molecular complexity index is 299. The van der Waals surface area contributed by atoms with Crippen molar-refractivity contribution in [2.24, 2.45) is 0 Å². The lowest BCUT2D eigenvalue weighted by atomic mass is 10.2. The van der Waals surface area contributed by atoms with Crippen LogP contribution in [0.1, 0.15) is 10.4 Å². The van der Waals surface area contributed by atoms with Gasteiger partial charge in [0.2, 0.25) is 0 Å². The summed E-state index contributed by atoms with van der Waals surface area (Å²) in [7, 11) is 0. The monoisotopic (exact) mass is 189 g/mol. The van der Waals surface area contributed by atoms with Crippen molar-refractivity contribution < 1.29 is 4.79 Å². The van der Waals surface area contributed by atoms with Gasteiger partial charge in [0, 0.05) is 5.69 Å². The Labute approximate surface area is 73.9 Å². The molecule has 0 aliphatic heterocycles. The minimum Gasteiger partial charge on any atom is -0.398 e. The van der Waals surface area contributed by atoms with Gasteiger partial charge in [0.1, 0.15) is 0 Å². The van der Waals surface area contributed by atoms with Crippen molar-refractivity contribution in [1.82, 2.24) is 0 Å². The summed E-state index contributed by atoms with van der Waals surface area (Å²) in [6, 6.07) is 3.09. The number of carbonyl (C=O) groups is 1. The fourth-order valence-corrected chi connectivity index (χ4v) is 1.08. The zero-order chi connectivity index (χ0) is 8.43. The molecule has 0 saturated carbocycles. The number of nitrogens with two attached hydrogens (primary N) is 1. The Morgan fingerprint density at radius 2 is 2.00 bits per heavy atom. The van der Waals surface area contributed by atoms with E-state index in [0.29, 0.717) is 17.0 Å². The SMILES string of the molecule is Nc1ccc(Cl)c(Cl)c1C=O. The van der Waals surface area contributed by atoms with Crippen LogP contribution in [-0.4, -0.2) is 6.29 Å². The van der Waals surface area contributed by atoms with Crippen LogP contribution in [0.4, 0.5) is 5.69 Å². The highest BCUT2D eigenvalue weighted by Gasteiger charge is 2.06. The minimum atomic E-state index is 0.210. The number of carbonyl (C=O) groups excluding carboxylic acids is 1. The van der Waals surface area contributed by atoms with Crippen LogP contribution in [0.15, 0.2) is 12.1 Å². The quantitative estimate of drug-likeness (QED) is 0.545. The summed E-state index contributed by atoms with van der Waals surface area (Å²) in [4.78, 5) is 10.4. The van der Waals surface area contributed by atoms with Crippen LogP contribution in [0.3, 0.4) is 0 Å². The molecule has 11 heavy (non-hydrogen) atoms. The van der Waals surface area contributed by atoms with Gasteiger partial charge in [-0.05, 0) is 12.1 Å². The number of rotatable bonds is 1. The molecular weight excluding hydrogens is 185 g/mol. The molecule has 0 radical (unpaired) electrons. The smallest absolute Gasteiger partial charge is 0.153 e. The van der Waals surface area contributed by atoms with Crippen molar-refractivity contribution in [2.75, 3.05) is 5.73 Å². The van der Waals surface area contributed by atoms with E-state index in [1.165, 1.54) is 6.07 Å². The fraction of sp³-hybridized carbons (Fsp3) is 0. The Balaban J connectivity index is 3.40. The number of aldehydes is 1. The van der Waals surface area contributed by atoms with Crippen molar-refractivity contribution >= 4 is 35.2 Å². The average Bonchev–Trinajstić information content (AvgIpc) is 1.99. The normalized spacial score (nSPS) is 9.64. The average molecular weight is 190 g/mol. The Morgan fingerprint density at radius 1 is 1.36 bits per heavy atom. The van der Waals surface area contributed by atoms with Crippen LogP contribution in [-0.2, 0) is 0 Å². The Kier molecular flexibility index (Phi) is 2.37. The van der Waals surface area contributed by atoms with Gasteiger partial charge in [0.05, 0.1) is 15.6 Å². The van der Waals surface area contributed by atoms with Gasteiger partial charge in [0.25, 0.3) is 0 Å². The summed E-state index contributed by atoms with van der Waals surface area (Å²) in [5.41, 5.74) is 6.02. The lowest BCUT2D eigenvalue weighted by Crippen LogP contribution is -1.93. The van der Waals surface area contributed by atoms with Crippen molar-refractivity contribution in [3.63, 3.8) is 0 Å². The molecule has 0 aliphatic carbocycles. The van der Waals surface area contributed by atoms with Crippen LogP contribution in [0.2, 0.25) is 10.0 Å². The van der Waals surface area contributed by atoms with Crippen molar-refractivity contribution in [1.29, 1.82) is 0 Å². The first-order chi connectivity index (χ1) is 5.16. The van der Waals surface area contributed by atoms with Crippen LogP contribution in [0.25, 0.3) is 0 Å². The maximum absolute atomic E-state index is 10.4. The molecule has 0 unspecified atom stereocenters. The van der Waals surface area contributed by atoms with E-state index in [-0.39, 0.29) is 10.6 Å². The van der Waals surface area contributed by atoms with Gasteiger partial charge < -0.3 is 5.73 Å². The molecule has 1 rings (SSSR count). The van der Waals surface area contributed by atoms with Gasteiger partial charge in [-0.3, -0.25) is 4.79 Å². The molecule has 0 heterocycles. The molecule has 0 atom stereocenters. The molecule has 0 saturated heterocycles. The van der Waals surface area contributed by atoms with Crippen molar-refractivity contribution in [2.45, 2.75) is 0 Å². The highest BCUT2D eigenvalue weighted by Crippen LogP contribution is 2.28. The molecule has 4 heteroatoms. The van der Waals surface area contributed by atoms with Gasteiger partial charge >= 0.3 is 0 Å².